The number of carbonyl (C=O) groups is 1. The van der Waals surface area contributed by atoms with Crippen LogP contribution in [0.1, 0.15) is 48.0 Å². The number of nitrogens with one attached hydrogen (secondary N) is 1. The Balaban J connectivity index is 1.56. The van der Waals surface area contributed by atoms with E-state index in [0.29, 0.717) is 18.2 Å². The van der Waals surface area contributed by atoms with Crippen LogP contribution >= 0.6 is 0 Å². The van der Waals surface area contributed by atoms with Crippen molar-refractivity contribution < 1.29 is 9.53 Å². The molecule has 1 aliphatic carbocycles. The maximum atomic E-state index is 12.0. The van der Waals surface area contributed by atoms with Crippen molar-refractivity contribution in [2.24, 2.45) is 0 Å². The lowest BCUT2D eigenvalue weighted by molar-refractivity contribution is 0.0950. The summed E-state index contributed by atoms with van der Waals surface area (Å²) >= 11 is 0. The Morgan fingerprint density at radius 3 is 2.83 bits per heavy atom. The lowest BCUT2D eigenvalue weighted by Crippen LogP contribution is -2.23. The summed E-state index contributed by atoms with van der Waals surface area (Å²) in [5.41, 5.74) is 1.61. The minimum atomic E-state index is -0.114. The Bertz CT molecular complexity index is 637. The highest BCUT2D eigenvalue weighted by Gasteiger charge is 2.14. The number of rotatable bonds is 5. The molecule has 1 fully saturated rings. The Morgan fingerprint density at radius 1 is 1.17 bits per heavy atom. The van der Waals surface area contributed by atoms with E-state index >= 15 is 0 Å². The first-order chi connectivity index (χ1) is 11.3. The average molecular weight is 310 g/mol. The highest BCUT2D eigenvalue weighted by molar-refractivity contribution is 5.93. The van der Waals surface area contributed by atoms with E-state index in [1.54, 1.807) is 24.5 Å². The van der Waals surface area contributed by atoms with Gasteiger partial charge in [-0.1, -0.05) is 18.6 Å². The van der Waals surface area contributed by atoms with Gasteiger partial charge in [0.05, 0.1) is 11.7 Å². The molecule has 1 aromatic heterocycles. The topological polar surface area (TPSA) is 51.2 Å². The minimum Gasteiger partial charge on any atom is -0.490 e. The van der Waals surface area contributed by atoms with Crippen molar-refractivity contribution in [2.45, 2.75) is 44.8 Å². The molecule has 0 atom stereocenters. The number of carbonyl (C=O) groups excluding carboxylic acids is 1. The van der Waals surface area contributed by atoms with E-state index in [4.69, 9.17) is 4.74 Å². The molecule has 1 heterocycles. The Kier molecular flexibility index (Phi) is 5.25. The first-order valence-electron chi connectivity index (χ1n) is 8.25. The molecule has 3 rings (SSSR count). The van der Waals surface area contributed by atoms with Gasteiger partial charge in [-0.25, -0.2) is 0 Å². The summed E-state index contributed by atoms with van der Waals surface area (Å²) in [6.45, 7) is 0.482. The van der Waals surface area contributed by atoms with E-state index in [0.717, 1.165) is 24.2 Å². The summed E-state index contributed by atoms with van der Waals surface area (Å²) in [7, 11) is 0. The molecule has 23 heavy (non-hydrogen) atoms. The van der Waals surface area contributed by atoms with E-state index in [1.165, 1.54) is 19.3 Å². The first-order valence-corrected chi connectivity index (χ1v) is 8.25. The lowest BCUT2D eigenvalue weighted by Gasteiger charge is -2.23. The van der Waals surface area contributed by atoms with Crippen LogP contribution in [0.4, 0.5) is 0 Å². The second-order valence-corrected chi connectivity index (χ2v) is 5.95. The number of aromatic nitrogens is 1. The highest BCUT2D eigenvalue weighted by Crippen LogP contribution is 2.23. The molecule has 0 radical (unpaired) electrons. The molecule has 0 aliphatic heterocycles. The smallest absolute Gasteiger partial charge is 0.253 e. The van der Waals surface area contributed by atoms with Crippen LogP contribution in [0.25, 0.3) is 0 Å². The van der Waals surface area contributed by atoms with Crippen LogP contribution in [-0.4, -0.2) is 17.0 Å². The third-order valence-electron chi connectivity index (χ3n) is 4.13. The summed E-state index contributed by atoms with van der Waals surface area (Å²) in [5, 5.41) is 2.91. The van der Waals surface area contributed by atoms with Gasteiger partial charge in [-0.3, -0.25) is 9.78 Å². The van der Waals surface area contributed by atoms with Crippen LogP contribution in [0.5, 0.6) is 5.75 Å². The molecular weight excluding hydrogens is 288 g/mol. The predicted molar refractivity (Wildman–Crippen MR) is 89.4 cm³/mol. The standard InChI is InChI=1S/C19H22N2O2/c22-19(16-7-5-11-20-14-16)21-13-15-6-4-10-18(12-15)23-17-8-2-1-3-9-17/h4-7,10-12,14,17H,1-3,8-9,13H2,(H,21,22). The van der Waals surface area contributed by atoms with Crippen LogP contribution < -0.4 is 10.1 Å². The van der Waals surface area contributed by atoms with Gasteiger partial charge in [0.25, 0.3) is 5.91 Å². The van der Waals surface area contributed by atoms with Crippen LogP contribution in [0.3, 0.4) is 0 Å². The number of pyridine rings is 1. The van der Waals surface area contributed by atoms with Crippen molar-refractivity contribution in [1.82, 2.24) is 10.3 Å². The van der Waals surface area contributed by atoms with Crippen molar-refractivity contribution >= 4 is 5.91 Å². The number of hydrogen-bond acceptors (Lipinski definition) is 3. The molecule has 0 spiro atoms. The van der Waals surface area contributed by atoms with Crippen LogP contribution in [0.2, 0.25) is 0 Å². The molecular formula is C19H22N2O2. The van der Waals surface area contributed by atoms with Gasteiger partial charge in [0, 0.05) is 18.9 Å². The molecule has 120 valence electrons. The number of nitrogens with zero attached hydrogens (tertiary/aromatic N) is 1. The van der Waals surface area contributed by atoms with Crippen molar-refractivity contribution in [2.75, 3.05) is 0 Å². The van der Waals surface area contributed by atoms with Crippen LogP contribution in [0.15, 0.2) is 48.8 Å². The number of amides is 1. The molecule has 4 nitrogen and oxygen atoms in total. The van der Waals surface area contributed by atoms with Gasteiger partial charge >= 0.3 is 0 Å². The molecule has 1 aliphatic rings. The summed E-state index contributed by atoms with van der Waals surface area (Å²) in [4.78, 5) is 16.0. The van der Waals surface area contributed by atoms with E-state index in [-0.39, 0.29) is 5.91 Å². The third kappa shape index (κ3) is 4.55. The molecule has 2 aromatic rings. The molecule has 1 saturated carbocycles. The average Bonchev–Trinajstić information content (AvgIpc) is 2.62. The van der Waals surface area contributed by atoms with Gasteiger partial charge in [0.1, 0.15) is 5.75 Å². The maximum absolute atomic E-state index is 12.0. The van der Waals surface area contributed by atoms with E-state index in [2.05, 4.69) is 10.3 Å². The van der Waals surface area contributed by atoms with E-state index < -0.39 is 0 Å². The highest BCUT2D eigenvalue weighted by atomic mass is 16.5. The zero-order chi connectivity index (χ0) is 15.9. The number of hydrogen-bond donors (Lipinski definition) is 1. The van der Waals surface area contributed by atoms with Crippen molar-refractivity contribution in [3.05, 3.63) is 59.9 Å². The fourth-order valence-electron chi connectivity index (χ4n) is 2.89. The van der Waals surface area contributed by atoms with Gasteiger partial charge in [0.2, 0.25) is 0 Å². The molecule has 0 saturated heterocycles. The monoisotopic (exact) mass is 310 g/mol. The molecule has 0 bridgehead atoms. The van der Waals surface area contributed by atoms with Crippen LogP contribution in [-0.2, 0) is 6.54 Å². The molecule has 1 aromatic carbocycles. The van der Waals surface area contributed by atoms with E-state index in [9.17, 15) is 4.79 Å². The Morgan fingerprint density at radius 2 is 2.04 bits per heavy atom. The first kappa shape index (κ1) is 15.5. The minimum absolute atomic E-state index is 0.114. The maximum Gasteiger partial charge on any atom is 0.253 e. The second kappa shape index (κ2) is 7.77. The predicted octanol–water partition coefficient (Wildman–Crippen LogP) is 3.72. The lowest BCUT2D eigenvalue weighted by atomic mass is 9.98. The quantitative estimate of drug-likeness (QED) is 0.915. The Hall–Kier alpha value is -2.36. The zero-order valence-electron chi connectivity index (χ0n) is 13.2. The molecule has 1 N–H and O–H groups in total. The molecule has 4 heteroatoms. The summed E-state index contributed by atoms with van der Waals surface area (Å²) in [6.07, 6.45) is 9.67. The Labute approximate surface area is 136 Å². The third-order valence-corrected chi connectivity index (χ3v) is 4.13. The largest absolute Gasteiger partial charge is 0.490 e. The van der Waals surface area contributed by atoms with E-state index in [1.807, 2.05) is 24.3 Å². The van der Waals surface area contributed by atoms with Crippen molar-refractivity contribution in [1.29, 1.82) is 0 Å². The van der Waals surface area contributed by atoms with Gasteiger partial charge in [0.15, 0.2) is 0 Å². The van der Waals surface area contributed by atoms with Gasteiger partial charge < -0.3 is 10.1 Å². The number of benzene rings is 1. The normalized spacial score (nSPS) is 15.1. The fraction of sp³-hybridized carbons (Fsp3) is 0.368. The van der Waals surface area contributed by atoms with Gasteiger partial charge in [-0.2, -0.15) is 0 Å². The summed E-state index contributed by atoms with van der Waals surface area (Å²) < 4.78 is 6.06. The van der Waals surface area contributed by atoms with Crippen LogP contribution in [0, 0.1) is 0 Å². The van der Waals surface area contributed by atoms with Gasteiger partial charge in [-0.15, -0.1) is 0 Å². The summed E-state index contributed by atoms with van der Waals surface area (Å²) in [6, 6.07) is 11.5. The summed E-state index contributed by atoms with van der Waals surface area (Å²) in [5.74, 6) is 0.779. The number of ether oxygens (including phenoxy) is 1. The second-order valence-electron chi connectivity index (χ2n) is 5.95. The van der Waals surface area contributed by atoms with Gasteiger partial charge in [-0.05, 0) is 55.5 Å². The SMILES string of the molecule is O=C(NCc1cccc(OC2CCCCC2)c1)c1cccnc1. The molecule has 0 unspecified atom stereocenters. The zero-order valence-corrected chi connectivity index (χ0v) is 13.2. The van der Waals surface area contributed by atoms with Crippen molar-refractivity contribution in [3.63, 3.8) is 0 Å². The fourth-order valence-corrected chi connectivity index (χ4v) is 2.89. The van der Waals surface area contributed by atoms with Crippen molar-refractivity contribution in [3.8, 4) is 5.75 Å². The molecule has 1 amide bonds.